The normalized spacial score (nSPS) is 12.0. The van der Waals surface area contributed by atoms with Crippen LogP contribution in [0.1, 0.15) is 31.9 Å². The first-order valence-electron chi connectivity index (χ1n) is 6.77. The second kappa shape index (κ2) is 5.82. The molecule has 0 N–H and O–H groups in total. The van der Waals surface area contributed by atoms with Gasteiger partial charge >= 0.3 is 0 Å². The van der Waals surface area contributed by atoms with Gasteiger partial charge in [0.25, 0.3) is 10.0 Å². The maximum absolute atomic E-state index is 12.4. The minimum Gasteiger partial charge on any atom is -0.204 e. The second-order valence-electron chi connectivity index (χ2n) is 5.76. The van der Waals surface area contributed by atoms with E-state index in [2.05, 4.69) is 4.40 Å². The lowest BCUT2D eigenvalue weighted by Crippen LogP contribution is -2.27. The molecule has 0 bridgehead atoms. The van der Waals surface area contributed by atoms with E-state index in [1.54, 1.807) is 20.8 Å². The smallest absolute Gasteiger partial charge is 0.204 e. The van der Waals surface area contributed by atoms with Crippen molar-refractivity contribution in [3.05, 3.63) is 71.8 Å². The van der Waals surface area contributed by atoms with Crippen LogP contribution in [-0.4, -0.2) is 18.9 Å². The van der Waals surface area contributed by atoms with Crippen LogP contribution in [0, 0.1) is 0 Å². The van der Waals surface area contributed by atoms with E-state index < -0.39 is 14.8 Å². The van der Waals surface area contributed by atoms with Gasteiger partial charge in [-0.1, -0.05) is 60.7 Å². The summed E-state index contributed by atoms with van der Waals surface area (Å²) in [6.45, 7) is 4.96. The Balaban J connectivity index is 2.64. The molecule has 0 aliphatic carbocycles. The lowest BCUT2D eigenvalue weighted by atomic mass is 10.0. The Morgan fingerprint density at radius 3 is 1.52 bits per heavy atom. The number of nitrogens with zero attached hydrogens (tertiary/aromatic N) is 1. The van der Waals surface area contributed by atoms with E-state index in [9.17, 15) is 8.42 Å². The molecule has 0 amide bonds. The molecule has 2 aromatic carbocycles. The Bertz CT molecular complexity index is 686. The molecule has 0 aromatic heterocycles. The lowest BCUT2D eigenvalue weighted by molar-refractivity contribution is 0.562. The third-order valence-corrected chi connectivity index (χ3v) is 5.05. The van der Waals surface area contributed by atoms with Crippen molar-refractivity contribution in [1.82, 2.24) is 0 Å². The first-order chi connectivity index (χ1) is 9.81. The van der Waals surface area contributed by atoms with E-state index in [-0.39, 0.29) is 0 Å². The van der Waals surface area contributed by atoms with Crippen molar-refractivity contribution in [3.63, 3.8) is 0 Å². The van der Waals surface area contributed by atoms with Crippen molar-refractivity contribution in [3.8, 4) is 0 Å². The number of hydrogen-bond donors (Lipinski definition) is 0. The zero-order valence-electron chi connectivity index (χ0n) is 12.4. The molecule has 0 radical (unpaired) electrons. The molecule has 2 aromatic rings. The van der Waals surface area contributed by atoms with Gasteiger partial charge in [0.1, 0.15) is 0 Å². The first kappa shape index (κ1) is 15.4. The zero-order chi connectivity index (χ0) is 15.5. The molecule has 0 fully saturated rings. The van der Waals surface area contributed by atoms with Crippen LogP contribution in [0.5, 0.6) is 0 Å². The lowest BCUT2D eigenvalue weighted by Gasteiger charge is -2.17. The van der Waals surface area contributed by atoms with Crippen molar-refractivity contribution in [1.29, 1.82) is 0 Å². The standard InChI is InChI=1S/C17H19NO2S/c1-17(2,3)21(19,20)18-16(14-10-6-4-7-11-14)15-12-8-5-9-13-15/h4-13H,1-3H3. The van der Waals surface area contributed by atoms with Crippen LogP contribution in [0.4, 0.5) is 0 Å². The fraction of sp³-hybridized carbons (Fsp3) is 0.235. The van der Waals surface area contributed by atoms with Crippen LogP contribution < -0.4 is 0 Å². The summed E-state index contributed by atoms with van der Waals surface area (Å²) in [6, 6.07) is 18.7. The van der Waals surface area contributed by atoms with Gasteiger partial charge in [-0.3, -0.25) is 0 Å². The molecular formula is C17H19NO2S. The minimum absolute atomic E-state index is 0.478. The summed E-state index contributed by atoms with van der Waals surface area (Å²) in [5.74, 6) is 0. The molecule has 0 spiro atoms. The Morgan fingerprint density at radius 1 is 0.810 bits per heavy atom. The van der Waals surface area contributed by atoms with Gasteiger partial charge in [0, 0.05) is 11.1 Å². The summed E-state index contributed by atoms with van der Waals surface area (Å²) in [5, 5.41) is 0. The summed E-state index contributed by atoms with van der Waals surface area (Å²) < 4.78 is 28.0. The predicted octanol–water partition coefficient (Wildman–Crippen LogP) is 3.65. The van der Waals surface area contributed by atoms with Crippen LogP contribution in [-0.2, 0) is 10.0 Å². The molecule has 0 unspecified atom stereocenters. The monoisotopic (exact) mass is 301 g/mol. The molecule has 21 heavy (non-hydrogen) atoms. The number of rotatable bonds is 3. The molecule has 0 aliphatic heterocycles. The Hall–Kier alpha value is -1.94. The largest absolute Gasteiger partial charge is 0.258 e. The molecule has 2 rings (SSSR count). The molecule has 0 saturated heterocycles. The highest BCUT2D eigenvalue weighted by molar-refractivity contribution is 7.91. The van der Waals surface area contributed by atoms with E-state index >= 15 is 0 Å². The molecule has 0 saturated carbocycles. The quantitative estimate of drug-likeness (QED) is 0.812. The summed E-state index contributed by atoms with van der Waals surface area (Å²) in [6.07, 6.45) is 0. The highest BCUT2D eigenvalue weighted by Gasteiger charge is 2.29. The molecule has 0 atom stereocenters. The van der Waals surface area contributed by atoms with E-state index in [1.807, 2.05) is 60.7 Å². The van der Waals surface area contributed by atoms with E-state index in [1.165, 1.54) is 0 Å². The number of benzene rings is 2. The fourth-order valence-corrected chi connectivity index (χ4v) is 2.45. The molecule has 0 aliphatic rings. The summed E-state index contributed by atoms with van der Waals surface area (Å²) in [5.41, 5.74) is 2.05. The van der Waals surface area contributed by atoms with Crippen molar-refractivity contribution in [2.45, 2.75) is 25.5 Å². The van der Waals surface area contributed by atoms with Gasteiger partial charge < -0.3 is 0 Å². The molecule has 4 heteroatoms. The van der Waals surface area contributed by atoms with Gasteiger partial charge in [-0.05, 0) is 20.8 Å². The predicted molar refractivity (Wildman–Crippen MR) is 87.2 cm³/mol. The van der Waals surface area contributed by atoms with Gasteiger partial charge in [-0.25, -0.2) is 8.42 Å². The molecular weight excluding hydrogens is 282 g/mol. The maximum Gasteiger partial charge on any atom is 0.258 e. The van der Waals surface area contributed by atoms with Crippen molar-refractivity contribution in [2.24, 2.45) is 4.40 Å². The van der Waals surface area contributed by atoms with Crippen LogP contribution in [0.2, 0.25) is 0 Å². The molecule has 110 valence electrons. The first-order valence-corrected chi connectivity index (χ1v) is 8.21. The topological polar surface area (TPSA) is 46.5 Å². The Labute approximate surface area is 126 Å². The van der Waals surface area contributed by atoms with Crippen LogP contribution in [0.15, 0.2) is 65.1 Å². The van der Waals surface area contributed by atoms with Gasteiger partial charge in [0.2, 0.25) is 0 Å². The van der Waals surface area contributed by atoms with E-state index in [0.717, 1.165) is 11.1 Å². The Kier molecular flexibility index (Phi) is 4.28. The summed E-state index contributed by atoms with van der Waals surface area (Å²) >= 11 is 0. The van der Waals surface area contributed by atoms with Gasteiger partial charge in [-0.15, -0.1) is 0 Å². The van der Waals surface area contributed by atoms with E-state index in [4.69, 9.17) is 0 Å². The second-order valence-corrected chi connectivity index (χ2v) is 8.12. The van der Waals surface area contributed by atoms with Gasteiger partial charge in [-0.2, -0.15) is 4.40 Å². The van der Waals surface area contributed by atoms with Crippen molar-refractivity contribution < 1.29 is 8.42 Å². The van der Waals surface area contributed by atoms with Crippen LogP contribution in [0.3, 0.4) is 0 Å². The summed E-state index contributed by atoms with van der Waals surface area (Å²) in [4.78, 5) is 0. The zero-order valence-corrected chi connectivity index (χ0v) is 13.3. The number of hydrogen-bond acceptors (Lipinski definition) is 2. The third-order valence-electron chi connectivity index (χ3n) is 3.08. The van der Waals surface area contributed by atoms with Gasteiger partial charge in [0.05, 0.1) is 10.5 Å². The number of sulfonamides is 1. The Morgan fingerprint density at radius 2 is 1.19 bits per heavy atom. The third kappa shape index (κ3) is 3.58. The summed E-state index contributed by atoms with van der Waals surface area (Å²) in [7, 11) is -3.61. The fourth-order valence-electron chi connectivity index (χ4n) is 1.72. The maximum atomic E-state index is 12.4. The molecule has 3 nitrogen and oxygen atoms in total. The van der Waals surface area contributed by atoms with Crippen LogP contribution in [0.25, 0.3) is 0 Å². The van der Waals surface area contributed by atoms with Crippen LogP contribution >= 0.6 is 0 Å². The van der Waals surface area contributed by atoms with Crippen molar-refractivity contribution >= 4 is 15.7 Å². The van der Waals surface area contributed by atoms with Gasteiger partial charge in [0.15, 0.2) is 0 Å². The highest BCUT2D eigenvalue weighted by atomic mass is 32.2. The molecule has 0 heterocycles. The highest BCUT2D eigenvalue weighted by Crippen LogP contribution is 2.20. The van der Waals surface area contributed by atoms with E-state index in [0.29, 0.717) is 5.71 Å². The average Bonchev–Trinajstić information content (AvgIpc) is 2.45. The van der Waals surface area contributed by atoms with Crippen molar-refractivity contribution in [2.75, 3.05) is 0 Å². The minimum atomic E-state index is -3.61. The SMILES string of the molecule is CC(C)(C)S(=O)(=O)N=C(c1ccccc1)c1ccccc1. The average molecular weight is 301 g/mol.